The molecule has 0 spiro atoms. The Labute approximate surface area is 109 Å². The number of carbonyl (C=O) groups is 2. The Morgan fingerprint density at radius 1 is 1.17 bits per heavy atom. The van der Waals surface area contributed by atoms with Crippen molar-refractivity contribution in [2.75, 3.05) is 20.3 Å². The van der Waals surface area contributed by atoms with Gasteiger partial charge >= 0.3 is 5.97 Å². The molecule has 0 bridgehead atoms. The van der Waals surface area contributed by atoms with Crippen LogP contribution in [0.4, 0.5) is 0 Å². The third-order valence-corrected chi connectivity index (χ3v) is 2.60. The van der Waals surface area contributed by atoms with Gasteiger partial charge in [-0.2, -0.15) is 0 Å². The highest BCUT2D eigenvalue weighted by atomic mass is 16.5. The molecule has 0 saturated carbocycles. The smallest absolute Gasteiger partial charge is 0.328 e. The molecule has 1 atom stereocenters. The van der Waals surface area contributed by atoms with E-state index in [0.29, 0.717) is 13.0 Å². The van der Waals surface area contributed by atoms with Crippen molar-refractivity contribution in [1.82, 2.24) is 5.32 Å². The molecule has 18 heavy (non-hydrogen) atoms. The molecule has 1 N–H and O–H groups in total. The topological polar surface area (TPSA) is 64.6 Å². The summed E-state index contributed by atoms with van der Waals surface area (Å²) in [5.41, 5.74) is 0. The lowest BCUT2D eigenvalue weighted by molar-refractivity contribution is -0.145. The van der Waals surface area contributed by atoms with Crippen LogP contribution >= 0.6 is 0 Å². The van der Waals surface area contributed by atoms with E-state index < -0.39 is 12.0 Å². The van der Waals surface area contributed by atoms with Crippen LogP contribution < -0.4 is 5.32 Å². The Balaban J connectivity index is 4.06. The van der Waals surface area contributed by atoms with Gasteiger partial charge in [-0.3, -0.25) is 4.79 Å². The molecule has 0 radical (unpaired) electrons. The second-order valence-electron chi connectivity index (χ2n) is 4.13. The van der Waals surface area contributed by atoms with Crippen LogP contribution in [0.5, 0.6) is 0 Å². The number of carbonyl (C=O) groups excluding carboxylic acids is 2. The molecule has 0 saturated heterocycles. The number of hydrogen-bond donors (Lipinski definition) is 1. The molecule has 1 amide bonds. The molecular formula is C13H25NO4. The summed E-state index contributed by atoms with van der Waals surface area (Å²) in [5, 5.41) is 2.64. The first-order valence-corrected chi connectivity index (χ1v) is 6.60. The van der Waals surface area contributed by atoms with Gasteiger partial charge in [0.15, 0.2) is 0 Å². The molecule has 0 aromatic rings. The molecular weight excluding hydrogens is 234 g/mol. The predicted molar refractivity (Wildman–Crippen MR) is 69.2 cm³/mol. The Bertz CT molecular complexity index is 243. The van der Waals surface area contributed by atoms with Crippen LogP contribution in [-0.4, -0.2) is 38.2 Å². The van der Waals surface area contributed by atoms with Crippen molar-refractivity contribution >= 4 is 11.9 Å². The van der Waals surface area contributed by atoms with E-state index in [2.05, 4.69) is 17.0 Å². The summed E-state index contributed by atoms with van der Waals surface area (Å²) < 4.78 is 9.67. The van der Waals surface area contributed by atoms with Gasteiger partial charge < -0.3 is 14.8 Å². The van der Waals surface area contributed by atoms with Gasteiger partial charge in [0, 0.05) is 6.61 Å². The highest BCUT2D eigenvalue weighted by molar-refractivity contribution is 5.84. The second-order valence-corrected chi connectivity index (χ2v) is 4.13. The minimum absolute atomic E-state index is 0.0149. The lowest BCUT2D eigenvalue weighted by atomic mass is 10.1. The summed E-state index contributed by atoms with van der Waals surface area (Å²) in [6.07, 6.45) is 4.86. The summed E-state index contributed by atoms with van der Waals surface area (Å²) in [6.45, 7) is 4.41. The molecule has 0 aliphatic heterocycles. The third kappa shape index (κ3) is 8.06. The van der Waals surface area contributed by atoms with Crippen LogP contribution in [-0.2, 0) is 19.1 Å². The summed E-state index contributed by atoms with van der Waals surface area (Å²) >= 11 is 0. The lowest BCUT2D eigenvalue weighted by Gasteiger charge is -2.16. The zero-order valence-corrected chi connectivity index (χ0v) is 11.7. The van der Waals surface area contributed by atoms with Gasteiger partial charge in [-0.1, -0.05) is 32.6 Å². The van der Waals surface area contributed by atoms with Crippen molar-refractivity contribution < 1.29 is 19.1 Å². The Hall–Kier alpha value is -1.10. The number of esters is 1. The molecule has 0 rings (SSSR count). The fourth-order valence-corrected chi connectivity index (χ4v) is 1.60. The van der Waals surface area contributed by atoms with Gasteiger partial charge in [0.25, 0.3) is 0 Å². The van der Waals surface area contributed by atoms with Crippen LogP contribution in [0.15, 0.2) is 0 Å². The van der Waals surface area contributed by atoms with Crippen molar-refractivity contribution in [2.45, 2.75) is 52.0 Å². The van der Waals surface area contributed by atoms with Gasteiger partial charge in [-0.05, 0) is 13.3 Å². The van der Waals surface area contributed by atoms with E-state index >= 15 is 0 Å². The number of amides is 1. The zero-order chi connectivity index (χ0) is 13.8. The van der Waals surface area contributed by atoms with E-state index in [1.54, 1.807) is 0 Å². The maximum absolute atomic E-state index is 11.5. The van der Waals surface area contributed by atoms with E-state index in [-0.39, 0.29) is 12.5 Å². The van der Waals surface area contributed by atoms with Crippen LogP contribution in [0, 0.1) is 0 Å². The van der Waals surface area contributed by atoms with Gasteiger partial charge in [0.05, 0.1) is 7.11 Å². The fraction of sp³-hybridized carbons (Fsp3) is 0.846. The van der Waals surface area contributed by atoms with E-state index in [1.807, 2.05) is 6.92 Å². The lowest BCUT2D eigenvalue weighted by Crippen LogP contribution is -2.43. The minimum atomic E-state index is -0.556. The van der Waals surface area contributed by atoms with Crippen LogP contribution in [0.25, 0.3) is 0 Å². The molecule has 0 fully saturated rings. The zero-order valence-electron chi connectivity index (χ0n) is 11.7. The standard InChI is InChI=1S/C13H25NO4/c1-4-6-7-8-9-11(13(16)17-3)14-12(15)10-18-5-2/h11H,4-10H2,1-3H3,(H,14,15)/t11-/m1/s1. The first kappa shape index (κ1) is 16.9. The third-order valence-electron chi connectivity index (χ3n) is 2.60. The number of hydrogen-bond acceptors (Lipinski definition) is 4. The van der Waals surface area contributed by atoms with Gasteiger partial charge in [-0.25, -0.2) is 4.79 Å². The molecule has 5 nitrogen and oxygen atoms in total. The van der Waals surface area contributed by atoms with Crippen molar-refractivity contribution in [3.05, 3.63) is 0 Å². The molecule has 0 unspecified atom stereocenters. The summed E-state index contributed by atoms with van der Waals surface area (Å²) in [5.74, 6) is -0.668. The van der Waals surface area contributed by atoms with Crippen LogP contribution in [0.3, 0.4) is 0 Å². The minimum Gasteiger partial charge on any atom is -0.467 e. The van der Waals surface area contributed by atoms with Gasteiger partial charge in [0.1, 0.15) is 12.6 Å². The molecule has 0 aromatic carbocycles. The Kier molecular flexibility index (Phi) is 10.3. The maximum atomic E-state index is 11.5. The molecule has 106 valence electrons. The van der Waals surface area contributed by atoms with E-state index in [4.69, 9.17) is 4.74 Å². The monoisotopic (exact) mass is 259 g/mol. The first-order chi connectivity index (χ1) is 8.65. The number of ether oxygens (including phenoxy) is 2. The van der Waals surface area contributed by atoms with Crippen LogP contribution in [0.1, 0.15) is 46.0 Å². The number of rotatable bonds is 10. The SMILES string of the molecule is CCCCCC[C@@H](NC(=O)COCC)C(=O)OC. The summed E-state index contributed by atoms with van der Waals surface area (Å²) in [6, 6.07) is -0.556. The Morgan fingerprint density at radius 3 is 2.44 bits per heavy atom. The molecule has 0 aliphatic carbocycles. The Morgan fingerprint density at radius 2 is 1.89 bits per heavy atom. The van der Waals surface area contributed by atoms with E-state index in [1.165, 1.54) is 7.11 Å². The fourth-order valence-electron chi connectivity index (χ4n) is 1.60. The van der Waals surface area contributed by atoms with Gasteiger partial charge in [0.2, 0.25) is 5.91 Å². The molecule has 0 aromatic heterocycles. The maximum Gasteiger partial charge on any atom is 0.328 e. The number of nitrogens with one attached hydrogen (secondary N) is 1. The number of unbranched alkanes of at least 4 members (excludes halogenated alkanes) is 3. The average molecular weight is 259 g/mol. The van der Waals surface area contributed by atoms with Crippen molar-refractivity contribution in [1.29, 1.82) is 0 Å². The normalized spacial score (nSPS) is 11.9. The van der Waals surface area contributed by atoms with Gasteiger partial charge in [-0.15, -0.1) is 0 Å². The highest BCUT2D eigenvalue weighted by Crippen LogP contribution is 2.06. The van der Waals surface area contributed by atoms with Crippen molar-refractivity contribution in [2.24, 2.45) is 0 Å². The van der Waals surface area contributed by atoms with E-state index in [9.17, 15) is 9.59 Å². The van der Waals surface area contributed by atoms with Crippen molar-refractivity contribution in [3.63, 3.8) is 0 Å². The first-order valence-electron chi connectivity index (χ1n) is 6.60. The highest BCUT2D eigenvalue weighted by Gasteiger charge is 2.20. The second kappa shape index (κ2) is 11.0. The average Bonchev–Trinajstić information content (AvgIpc) is 2.38. The summed E-state index contributed by atoms with van der Waals surface area (Å²) in [4.78, 5) is 23.0. The summed E-state index contributed by atoms with van der Waals surface area (Å²) in [7, 11) is 1.33. The largest absolute Gasteiger partial charge is 0.467 e. The predicted octanol–water partition coefficient (Wildman–Crippen LogP) is 1.65. The quantitative estimate of drug-likeness (QED) is 0.478. The van der Waals surface area contributed by atoms with Crippen molar-refractivity contribution in [3.8, 4) is 0 Å². The number of methoxy groups -OCH3 is 1. The molecule has 5 heteroatoms. The van der Waals surface area contributed by atoms with Crippen LogP contribution in [0.2, 0.25) is 0 Å². The molecule has 0 aliphatic rings. The molecule has 0 heterocycles. The van der Waals surface area contributed by atoms with E-state index in [0.717, 1.165) is 25.7 Å².